The topological polar surface area (TPSA) is 48.4 Å². The lowest BCUT2D eigenvalue weighted by atomic mass is 10.1. The first kappa shape index (κ1) is 17.9. The average molecular weight is 349 g/mol. The van der Waals surface area contributed by atoms with E-state index in [2.05, 4.69) is 4.98 Å². The van der Waals surface area contributed by atoms with Crippen LogP contribution >= 0.6 is 0 Å². The normalized spacial score (nSPS) is 11.0. The highest BCUT2D eigenvalue weighted by atomic mass is 16.5. The van der Waals surface area contributed by atoms with Crippen LogP contribution < -0.4 is 9.47 Å². The summed E-state index contributed by atoms with van der Waals surface area (Å²) in [5, 5.41) is 0.915. The van der Waals surface area contributed by atoms with Crippen molar-refractivity contribution in [3.05, 3.63) is 59.2 Å². The van der Waals surface area contributed by atoms with E-state index in [9.17, 15) is 4.79 Å². The molecule has 0 N–H and O–H groups in total. The largest absolute Gasteiger partial charge is 0.491 e. The molecule has 3 aromatic rings. The molecule has 0 aliphatic heterocycles. The molecule has 0 atom stereocenters. The second-order valence-electron chi connectivity index (χ2n) is 6.69. The third-order valence-corrected chi connectivity index (χ3v) is 4.34. The van der Waals surface area contributed by atoms with Crippen LogP contribution in [0.2, 0.25) is 0 Å². The molecule has 3 rings (SSSR count). The van der Waals surface area contributed by atoms with E-state index in [-0.39, 0.29) is 11.9 Å². The highest BCUT2D eigenvalue weighted by molar-refractivity contribution is 5.97. The van der Waals surface area contributed by atoms with E-state index >= 15 is 0 Å². The van der Waals surface area contributed by atoms with Crippen LogP contribution in [0.15, 0.2) is 42.5 Å². The molecule has 0 saturated carbocycles. The van der Waals surface area contributed by atoms with Crippen LogP contribution in [0.4, 0.5) is 0 Å². The van der Waals surface area contributed by atoms with Gasteiger partial charge in [0.15, 0.2) is 5.78 Å². The Bertz CT molecular complexity index is 977. The summed E-state index contributed by atoms with van der Waals surface area (Å²) in [5.41, 5.74) is 3.56. The molecule has 134 valence electrons. The quantitative estimate of drug-likeness (QED) is 0.560. The zero-order chi connectivity index (χ0) is 18.8. The molecule has 1 heterocycles. The van der Waals surface area contributed by atoms with Crippen molar-refractivity contribution in [1.82, 2.24) is 4.98 Å². The summed E-state index contributed by atoms with van der Waals surface area (Å²) < 4.78 is 11.8. The van der Waals surface area contributed by atoms with E-state index in [1.807, 2.05) is 64.1 Å². The number of nitrogens with zero attached hydrogens (tertiary/aromatic N) is 1. The first-order valence-corrected chi connectivity index (χ1v) is 8.71. The summed E-state index contributed by atoms with van der Waals surface area (Å²) in [6.45, 7) is 9.62. The molecule has 0 aliphatic rings. The molecule has 0 fully saturated rings. The smallest absolute Gasteiger partial charge is 0.219 e. The minimum atomic E-state index is 0.0435. The van der Waals surface area contributed by atoms with Gasteiger partial charge in [-0.2, -0.15) is 0 Å². The predicted octanol–water partition coefficient (Wildman–Crippen LogP) is 5.63. The van der Waals surface area contributed by atoms with Crippen molar-refractivity contribution in [2.75, 3.05) is 0 Å². The number of fused-ring (bicyclic) bond motifs is 1. The maximum absolute atomic E-state index is 11.5. The zero-order valence-electron chi connectivity index (χ0n) is 15.8. The highest BCUT2D eigenvalue weighted by Gasteiger charge is 2.11. The van der Waals surface area contributed by atoms with Gasteiger partial charge in [0.2, 0.25) is 5.88 Å². The van der Waals surface area contributed by atoms with Crippen LogP contribution in [-0.4, -0.2) is 16.9 Å². The fourth-order valence-corrected chi connectivity index (χ4v) is 2.76. The van der Waals surface area contributed by atoms with Crippen molar-refractivity contribution in [2.24, 2.45) is 0 Å². The first-order chi connectivity index (χ1) is 12.3. The highest BCUT2D eigenvalue weighted by Crippen LogP contribution is 2.32. The maximum atomic E-state index is 11.5. The zero-order valence-corrected chi connectivity index (χ0v) is 15.8. The van der Waals surface area contributed by atoms with E-state index in [1.54, 1.807) is 13.0 Å². The second-order valence-corrected chi connectivity index (χ2v) is 6.69. The number of carbonyl (C=O) groups is 1. The van der Waals surface area contributed by atoms with Gasteiger partial charge in [-0.25, -0.2) is 4.98 Å². The Morgan fingerprint density at radius 3 is 2.35 bits per heavy atom. The second kappa shape index (κ2) is 7.16. The van der Waals surface area contributed by atoms with Gasteiger partial charge in [-0.3, -0.25) is 4.79 Å². The number of Topliss-reactive ketones (excluding diaryl/α,β-unsaturated/α-hetero) is 1. The van der Waals surface area contributed by atoms with Crippen LogP contribution in [0.1, 0.15) is 42.3 Å². The summed E-state index contributed by atoms with van der Waals surface area (Å²) in [7, 11) is 0. The minimum absolute atomic E-state index is 0.0435. The van der Waals surface area contributed by atoms with Crippen molar-refractivity contribution in [1.29, 1.82) is 0 Å². The van der Waals surface area contributed by atoms with Gasteiger partial charge in [-0.15, -0.1) is 0 Å². The summed E-state index contributed by atoms with van der Waals surface area (Å²) >= 11 is 0. The lowest BCUT2D eigenvalue weighted by Crippen LogP contribution is -2.07. The Labute approximate surface area is 153 Å². The number of aromatic nitrogens is 1. The molecule has 0 radical (unpaired) electrons. The van der Waals surface area contributed by atoms with Gasteiger partial charge in [0, 0.05) is 17.0 Å². The summed E-state index contributed by atoms with van der Waals surface area (Å²) in [6, 6.07) is 13.1. The maximum Gasteiger partial charge on any atom is 0.219 e. The van der Waals surface area contributed by atoms with Gasteiger partial charge >= 0.3 is 0 Å². The fourth-order valence-electron chi connectivity index (χ4n) is 2.76. The van der Waals surface area contributed by atoms with Crippen LogP contribution in [-0.2, 0) is 0 Å². The Hall–Kier alpha value is -2.88. The Morgan fingerprint density at radius 1 is 0.962 bits per heavy atom. The number of ketones is 1. The van der Waals surface area contributed by atoms with E-state index in [0.717, 1.165) is 33.5 Å². The average Bonchev–Trinajstić information content (AvgIpc) is 2.60. The molecule has 4 heteroatoms. The number of ether oxygens (including phenoxy) is 2. The van der Waals surface area contributed by atoms with Gasteiger partial charge in [0.1, 0.15) is 11.5 Å². The van der Waals surface area contributed by atoms with E-state index in [4.69, 9.17) is 9.47 Å². The van der Waals surface area contributed by atoms with Crippen molar-refractivity contribution < 1.29 is 14.3 Å². The molecule has 0 amide bonds. The van der Waals surface area contributed by atoms with Crippen molar-refractivity contribution in [3.63, 3.8) is 0 Å². The SMILES string of the molecule is CC(=O)c1ccc2nc(Oc3ccc(OC(C)C)c(C)c3C)ccc2c1. The van der Waals surface area contributed by atoms with Gasteiger partial charge in [0.05, 0.1) is 11.6 Å². The summed E-state index contributed by atoms with van der Waals surface area (Å²) in [5.74, 6) is 2.19. The Kier molecular flexibility index (Phi) is 4.94. The van der Waals surface area contributed by atoms with Gasteiger partial charge in [-0.05, 0) is 82.1 Å². The summed E-state index contributed by atoms with van der Waals surface area (Å²) in [4.78, 5) is 16.1. The van der Waals surface area contributed by atoms with Gasteiger partial charge in [-0.1, -0.05) is 0 Å². The van der Waals surface area contributed by atoms with Crippen molar-refractivity contribution in [2.45, 2.75) is 40.7 Å². The van der Waals surface area contributed by atoms with Gasteiger partial charge in [0.25, 0.3) is 0 Å². The number of carbonyl (C=O) groups excluding carboxylic acids is 1. The van der Waals surface area contributed by atoms with Crippen molar-refractivity contribution >= 4 is 16.7 Å². The number of benzene rings is 2. The number of rotatable bonds is 5. The molecule has 0 spiro atoms. The number of hydrogen-bond donors (Lipinski definition) is 0. The molecule has 0 bridgehead atoms. The number of hydrogen-bond acceptors (Lipinski definition) is 4. The third kappa shape index (κ3) is 3.69. The Morgan fingerprint density at radius 2 is 1.65 bits per heavy atom. The molecule has 0 saturated heterocycles. The standard InChI is InChI=1S/C22H23NO3/c1-13(2)25-20-9-10-21(15(4)14(20)3)26-22-11-7-18-12-17(16(5)24)6-8-19(18)23-22/h6-13H,1-5H3. The third-order valence-electron chi connectivity index (χ3n) is 4.34. The monoisotopic (exact) mass is 349 g/mol. The minimum Gasteiger partial charge on any atom is -0.491 e. The molecule has 0 aliphatic carbocycles. The first-order valence-electron chi connectivity index (χ1n) is 8.71. The molecule has 4 nitrogen and oxygen atoms in total. The predicted molar refractivity (Wildman–Crippen MR) is 104 cm³/mol. The molecule has 0 unspecified atom stereocenters. The van der Waals surface area contributed by atoms with E-state index in [0.29, 0.717) is 11.4 Å². The van der Waals surface area contributed by atoms with Crippen molar-refractivity contribution in [3.8, 4) is 17.4 Å². The molecular formula is C22H23NO3. The summed E-state index contributed by atoms with van der Waals surface area (Å²) in [6.07, 6.45) is 0.127. The molecule has 1 aromatic heterocycles. The molecule has 2 aromatic carbocycles. The van der Waals surface area contributed by atoms with Gasteiger partial charge < -0.3 is 9.47 Å². The van der Waals surface area contributed by atoms with E-state index in [1.165, 1.54) is 0 Å². The van der Waals surface area contributed by atoms with Crippen LogP contribution in [0.5, 0.6) is 17.4 Å². The lowest BCUT2D eigenvalue weighted by molar-refractivity contribution is 0.101. The Balaban J connectivity index is 1.90. The number of pyridine rings is 1. The fraction of sp³-hybridized carbons (Fsp3) is 0.273. The molecule has 26 heavy (non-hydrogen) atoms. The lowest BCUT2D eigenvalue weighted by Gasteiger charge is -2.16. The van der Waals surface area contributed by atoms with E-state index < -0.39 is 0 Å². The van der Waals surface area contributed by atoms with Crippen LogP contribution in [0, 0.1) is 13.8 Å². The molecular weight excluding hydrogens is 326 g/mol. The van der Waals surface area contributed by atoms with Crippen LogP contribution in [0.3, 0.4) is 0 Å². The van der Waals surface area contributed by atoms with Crippen LogP contribution in [0.25, 0.3) is 10.9 Å².